The number of furan rings is 1. The first kappa shape index (κ1) is 13.6. The van der Waals surface area contributed by atoms with Gasteiger partial charge in [-0.3, -0.25) is 4.79 Å². The first-order valence-electron chi connectivity index (χ1n) is 6.32. The molecule has 1 aliphatic rings. The highest BCUT2D eigenvalue weighted by Gasteiger charge is 2.36. The van der Waals surface area contributed by atoms with Gasteiger partial charge in [0.1, 0.15) is 11.8 Å². The van der Waals surface area contributed by atoms with Gasteiger partial charge in [-0.05, 0) is 54.8 Å². The summed E-state index contributed by atoms with van der Waals surface area (Å²) in [5.41, 5.74) is 6.24. The van der Waals surface area contributed by atoms with E-state index in [-0.39, 0.29) is 24.0 Å². The Morgan fingerprint density at radius 3 is 2.78 bits per heavy atom. The molecule has 2 unspecified atom stereocenters. The molecular weight excluding hydrogens is 296 g/mol. The number of carbonyl (C=O) groups excluding carboxylic acids is 1. The summed E-state index contributed by atoms with van der Waals surface area (Å²) in [5.74, 6) is 0.925. The summed E-state index contributed by atoms with van der Waals surface area (Å²) < 4.78 is 6.29. The Kier molecular flexibility index (Phi) is 4.12. The Morgan fingerprint density at radius 1 is 1.50 bits per heavy atom. The Bertz CT molecular complexity index is 430. The van der Waals surface area contributed by atoms with Crippen LogP contribution in [0, 0.1) is 0 Å². The summed E-state index contributed by atoms with van der Waals surface area (Å²) in [6, 6.07) is 3.62. The van der Waals surface area contributed by atoms with Crippen molar-refractivity contribution >= 4 is 21.8 Å². The van der Waals surface area contributed by atoms with Crippen LogP contribution in [0.5, 0.6) is 0 Å². The Labute approximate surface area is 116 Å². The van der Waals surface area contributed by atoms with Crippen molar-refractivity contribution in [3.63, 3.8) is 0 Å². The summed E-state index contributed by atoms with van der Waals surface area (Å²) in [6.45, 7) is 4.03. The fraction of sp³-hybridized carbons (Fsp3) is 0.615. The second kappa shape index (κ2) is 5.45. The van der Waals surface area contributed by atoms with Gasteiger partial charge < -0.3 is 15.1 Å². The van der Waals surface area contributed by atoms with Gasteiger partial charge in [0.2, 0.25) is 5.91 Å². The minimum atomic E-state index is -0.161. The largest absolute Gasteiger partial charge is 0.452 e. The molecule has 2 N–H and O–H groups in total. The maximum absolute atomic E-state index is 12.2. The third-order valence-corrected chi connectivity index (χ3v) is 3.79. The van der Waals surface area contributed by atoms with Crippen molar-refractivity contribution in [2.75, 3.05) is 0 Å². The predicted octanol–water partition coefficient (Wildman–Crippen LogP) is 2.83. The van der Waals surface area contributed by atoms with E-state index in [0.29, 0.717) is 11.1 Å². The molecule has 1 aliphatic heterocycles. The fourth-order valence-corrected chi connectivity index (χ4v) is 2.90. The molecule has 100 valence electrons. The van der Waals surface area contributed by atoms with Gasteiger partial charge in [0.25, 0.3) is 0 Å². The van der Waals surface area contributed by atoms with Crippen molar-refractivity contribution in [2.24, 2.45) is 5.73 Å². The van der Waals surface area contributed by atoms with Gasteiger partial charge in [-0.25, -0.2) is 0 Å². The average Bonchev–Trinajstić information content (AvgIpc) is 2.64. The third kappa shape index (κ3) is 2.62. The number of halogens is 1. The highest BCUT2D eigenvalue weighted by atomic mass is 79.9. The summed E-state index contributed by atoms with van der Waals surface area (Å²) in [4.78, 5) is 14.1. The van der Waals surface area contributed by atoms with E-state index in [0.717, 1.165) is 18.6 Å². The smallest absolute Gasteiger partial charge is 0.223 e. The van der Waals surface area contributed by atoms with Gasteiger partial charge in [0, 0.05) is 18.5 Å². The molecule has 0 saturated carbocycles. The van der Waals surface area contributed by atoms with Crippen LogP contribution in [0.25, 0.3) is 0 Å². The number of nitrogens with two attached hydrogens (primary N) is 1. The highest BCUT2D eigenvalue weighted by Crippen LogP contribution is 2.33. The summed E-state index contributed by atoms with van der Waals surface area (Å²) in [6.07, 6.45) is 2.27. The van der Waals surface area contributed by atoms with E-state index < -0.39 is 0 Å². The topological polar surface area (TPSA) is 59.5 Å². The molecule has 1 saturated heterocycles. The number of hydrogen-bond acceptors (Lipinski definition) is 3. The van der Waals surface area contributed by atoms with Crippen LogP contribution in [-0.4, -0.2) is 22.9 Å². The number of carbonyl (C=O) groups is 1. The van der Waals surface area contributed by atoms with Crippen molar-refractivity contribution in [3.05, 3.63) is 22.6 Å². The molecule has 5 heteroatoms. The summed E-state index contributed by atoms with van der Waals surface area (Å²) in [5, 5.41) is 0. The molecule has 1 fully saturated rings. The van der Waals surface area contributed by atoms with Gasteiger partial charge in [-0.1, -0.05) is 0 Å². The standard InChI is InChI=1S/C13H19BrN2O2/c1-8(2)16-12(17)5-3-4-9(15)13(16)10-6-7-11(14)18-10/h6-9,13H,3-5,15H2,1-2H3. The Balaban J connectivity index is 2.38. The molecule has 0 aromatic carbocycles. The quantitative estimate of drug-likeness (QED) is 0.913. The van der Waals surface area contributed by atoms with Gasteiger partial charge >= 0.3 is 0 Å². The first-order valence-corrected chi connectivity index (χ1v) is 7.12. The maximum atomic E-state index is 12.2. The van der Waals surface area contributed by atoms with Crippen molar-refractivity contribution < 1.29 is 9.21 Å². The van der Waals surface area contributed by atoms with Crippen LogP contribution in [0.15, 0.2) is 21.2 Å². The summed E-state index contributed by atoms with van der Waals surface area (Å²) >= 11 is 3.30. The zero-order chi connectivity index (χ0) is 13.3. The minimum Gasteiger partial charge on any atom is -0.452 e. The molecule has 18 heavy (non-hydrogen) atoms. The van der Waals surface area contributed by atoms with Gasteiger partial charge in [-0.2, -0.15) is 0 Å². The van der Waals surface area contributed by atoms with Crippen molar-refractivity contribution in [2.45, 2.75) is 51.2 Å². The number of rotatable bonds is 2. The van der Waals surface area contributed by atoms with Crippen LogP contribution in [0.2, 0.25) is 0 Å². The number of amides is 1. The monoisotopic (exact) mass is 314 g/mol. The van der Waals surface area contributed by atoms with Crippen LogP contribution < -0.4 is 5.73 Å². The zero-order valence-corrected chi connectivity index (χ0v) is 12.3. The molecular formula is C13H19BrN2O2. The lowest BCUT2D eigenvalue weighted by Gasteiger charge is -2.35. The zero-order valence-electron chi connectivity index (χ0n) is 10.7. The third-order valence-electron chi connectivity index (χ3n) is 3.36. The van der Waals surface area contributed by atoms with E-state index in [9.17, 15) is 4.79 Å². The average molecular weight is 315 g/mol. The van der Waals surface area contributed by atoms with Crippen LogP contribution in [0.4, 0.5) is 0 Å². The molecule has 2 atom stereocenters. The van der Waals surface area contributed by atoms with Crippen LogP contribution >= 0.6 is 15.9 Å². The van der Waals surface area contributed by atoms with E-state index in [1.54, 1.807) is 0 Å². The minimum absolute atomic E-state index is 0.0723. The Morgan fingerprint density at radius 2 is 2.22 bits per heavy atom. The van der Waals surface area contributed by atoms with E-state index >= 15 is 0 Å². The molecule has 1 amide bonds. The molecule has 2 rings (SSSR count). The fourth-order valence-electron chi connectivity index (χ4n) is 2.58. The van der Waals surface area contributed by atoms with Gasteiger partial charge in [0.05, 0.1) is 0 Å². The van der Waals surface area contributed by atoms with Gasteiger partial charge in [0.15, 0.2) is 4.67 Å². The normalized spacial score (nSPS) is 25.6. The molecule has 1 aromatic rings. The van der Waals surface area contributed by atoms with Gasteiger partial charge in [-0.15, -0.1) is 0 Å². The molecule has 4 nitrogen and oxygen atoms in total. The van der Waals surface area contributed by atoms with Crippen molar-refractivity contribution in [1.82, 2.24) is 4.90 Å². The highest BCUT2D eigenvalue weighted by molar-refractivity contribution is 9.10. The number of likely N-dealkylation sites (tertiary alicyclic amines) is 1. The predicted molar refractivity (Wildman–Crippen MR) is 73.0 cm³/mol. The van der Waals surface area contributed by atoms with Crippen molar-refractivity contribution in [3.8, 4) is 0 Å². The maximum Gasteiger partial charge on any atom is 0.223 e. The molecule has 0 radical (unpaired) electrons. The van der Waals surface area contributed by atoms with E-state index in [2.05, 4.69) is 15.9 Å². The Hall–Kier alpha value is -0.810. The summed E-state index contributed by atoms with van der Waals surface area (Å²) in [7, 11) is 0. The molecule has 2 heterocycles. The molecule has 1 aromatic heterocycles. The van der Waals surface area contributed by atoms with E-state index in [4.69, 9.17) is 10.2 Å². The van der Waals surface area contributed by atoms with Crippen LogP contribution in [0.1, 0.15) is 44.9 Å². The SMILES string of the molecule is CC(C)N1C(=O)CCCC(N)C1c1ccc(Br)o1. The lowest BCUT2D eigenvalue weighted by atomic mass is 10.0. The van der Waals surface area contributed by atoms with Crippen LogP contribution in [0.3, 0.4) is 0 Å². The number of nitrogens with zero attached hydrogens (tertiary/aromatic N) is 1. The second-order valence-corrected chi connectivity index (χ2v) is 5.82. The van der Waals surface area contributed by atoms with E-state index in [1.807, 2.05) is 30.9 Å². The number of hydrogen-bond donors (Lipinski definition) is 1. The van der Waals surface area contributed by atoms with Crippen molar-refractivity contribution in [1.29, 1.82) is 0 Å². The van der Waals surface area contributed by atoms with Crippen LogP contribution in [-0.2, 0) is 4.79 Å². The second-order valence-electron chi connectivity index (χ2n) is 5.04. The lowest BCUT2D eigenvalue weighted by Crippen LogP contribution is -2.45. The molecule has 0 spiro atoms. The molecule has 0 bridgehead atoms. The first-order chi connectivity index (χ1) is 8.50. The molecule has 0 aliphatic carbocycles. The lowest BCUT2D eigenvalue weighted by molar-refractivity contribution is -0.135. The van der Waals surface area contributed by atoms with E-state index in [1.165, 1.54) is 0 Å².